The molecular formula is C16H25N5. The second-order valence-corrected chi connectivity index (χ2v) is 6.53. The van der Waals surface area contributed by atoms with Gasteiger partial charge in [-0.1, -0.05) is 0 Å². The number of hydrogen-bond acceptors (Lipinski definition) is 5. The number of aromatic nitrogens is 2. The van der Waals surface area contributed by atoms with E-state index < -0.39 is 0 Å². The molecule has 0 atom stereocenters. The maximum atomic E-state index is 4.84. The third-order valence-corrected chi connectivity index (χ3v) is 4.73. The summed E-state index contributed by atoms with van der Waals surface area (Å²) in [5.74, 6) is 3.77. The first-order valence-corrected chi connectivity index (χ1v) is 8.45. The summed E-state index contributed by atoms with van der Waals surface area (Å²) >= 11 is 0. The fourth-order valence-electron chi connectivity index (χ4n) is 3.17. The van der Waals surface area contributed by atoms with Gasteiger partial charge in [-0.3, -0.25) is 4.90 Å². The Kier molecular flexibility index (Phi) is 3.45. The van der Waals surface area contributed by atoms with Crippen LogP contribution in [0.4, 0.5) is 11.6 Å². The van der Waals surface area contributed by atoms with Crippen LogP contribution in [0, 0.1) is 0 Å². The van der Waals surface area contributed by atoms with Crippen LogP contribution in [-0.4, -0.2) is 53.6 Å². The lowest BCUT2D eigenvalue weighted by Gasteiger charge is -2.35. The predicted molar refractivity (Wildman–Crippen MR) is 85.0 cm³/mol. The number of nitrogens with one attached hydrogen (secondary N) is 1. The molecule has 1 aromatic rings. The number of hydrogen-bond donors (Lipinski definition) is 1. The zero-order valence-electron chi connectivity index (χ0n) is 12.9. The summed E-state index contributed by atoms with van der Waals surface area (Å²) in [6.07, 6.45) is 5.32. The Morgan fingerprint density at radius 3 is 2.48 bits per heavy atom. The summed E-state index contributed by atoms with van der Waals surface area (Å²) in [7, 11) is 0. The molecule has 3 fully saturated rings. The van der Waals surface area contributed by atoms with E-state index in [0.29, 0.717) is 5.92 Å². The SMILES string of the molecule is CCNc1cc(N2CCN(C3CC3)CC2)nc(C2CC2)n1. The van der Waals surface area contributed by atoms with Crippen molar-refractivity contribution in [2.24, 2.45) is 0 Å². The molecule has 0 bridgehead atoms. The maximum Gasteiger partial charge on any atom is 0.136 e. The summed E-state index contributed by atoms with van der Waals surface area (Å²) < 4.78 is 0. The first-order chi connectivity index (χ1) is 10.3. The summed E-state index contributed by atoms with van der Waals surface area (Å²) in [5.41, 5.74) is 0. The van der Waals surface area contributed by atoms with Crippen molar-refractivity contribution in [3.63, 3.8) is 0 Å². The van der Waals surface area contributed by atoms with E-state index in [4.69, 9.17) is 4.98 Å². The van der Waals surface area contributed by atoms with E-state index in [-0.39, 0.29) is 0 Å². The molecule has 2 heterocycles. The Hall–Kier alpha value is -1.36. The van der Waals surface area contributed by atoms with Gasteiger partial charge in [0.1, 0.15) is 17.5 Å². The highest BCUT2D eigenvalue weighted by Gasteiger charge is 2.32. The van der Waals surface area contributed by atoms with Gasteiger partial charge in [0.05, 0.1) is 0 Å². The first-order valence-electron chi connectivity index (χ1n) is 8.45. The van der Waals surface area contributed by atoms with Crippen molar-refractivity contribution < 1.29 is 0 Å². The third kappa shape index (κ3) is 2.98. The van der Waals surface area contributed by atoms with Gasteiger partial charge in [-0.05, 0) is 32.6 Å². The largest absolute Gasteiger partial charge is 0.370 e. The number of nitrogens with zero attached hydrogens (tertiary/aromatic N) is 4. The van der Waals surface area contributed by atoms with Gasteiger partial charge in [-0.2, -0.15) is 0 Å². The quantitative estimate of drug-likeness (QED) is 0.898. The van der Waals surface area contributed by atoms with Crippen LogP contribution in [0.2, 0.25) is 0 Å². The predicted octanol–water partition coefficient (Wildman–Crippen LogP) is 2.07. The van der Waals surface area contributed by atoms with Gasteiger partial charge in [0, 0.05) is 50.7 Å². The van der Waals surface area contributed by atoms with Crippen molar-refractivity contribution in [3.8, 4) is 0 Å². The van der Waals surface area contributed by atoms with E-state index >= 15 is 0 Å². The van der Waals surface area contributed by atoms with Gasteiger partial charge >= 0.3 is 0 Å². The van der Waals surface area contributed by atoms with Crippen LogP contribution in [0.15, 0.2) is 6.07 Å². The van der Waals surface area contributed by atoms with E-state index in [1.807, 2.05) is 0 Å². The van der Waals surface area contributed by atoms with Gasteiger partial charge in [-0.25, -0.2) is 9.97 Å². The molecule has 1 aliphatic heterocycles. The average molecular weight is 287 g/mol. The molecule has 0 unspecified atom stereocenters. The number of piperazine rings is 1. The van der Waals surface area contributed by atoms with Gasteiger partial charge in [-0.15, -0.1) is 0 Å². The lowest BCUT2D eigenvalue weighted by Crippen LogP contribution is -2.47. The minimum Gasteiger partial charge on any atom is -0.370 e. The molecule has 2 aliphatic carbocycles. The second kappa shape index (κ2) is 5.44. The molecule has 0 amide bonds. The zero-order chi connectivity index (χ0) is 14.2. The maximum absolute atomic E-state index is 4.84. The fraction of sp³-hybridized carbons (Fsp3) is 0.750. The van der Waals surface area contributed by atoms with Crippen LogP contribution >= 0.6 is 0 Å². The molecule has 5 heteroatoms. The Morgan fingerprint density at radius 1 is 1.10 bits per heavy atom. The highest BCUT2D eigenvalue weighted by atomic mass is 15.3. The van der Waals surface area contributed by atoms with Gasteiger partial charge < -0.3 is 10.2 Å². The molecule has 5 nitrogen and oxygen atoms in total. The molecule has 0 radical (unpaired) electrons. The average Bonchev–Trinajstić information content (AvgIpc) is 3.41. The summed E-state index contributed by atoms with van der Waals surface area (Å²) in [4.78, 5) is 14.6. The molecule has 0 spiro atoms. The molecular weight excluding hydrogens is 262 g/mol. The molecule has 3 aliphatic rings. The topological polar surface area (TPSA) is 44.3 Å². The molecule has 1 N–H and O–H groups in total. The number of anilines is 2. The monoisotopic (exact) mass is 287 g/mol. The van der Waals surface area contributed by atoms with E-state index in [2.05, 4.69) is 33.1 Å². The highest BCUT2D eigenvalue weighted by molar-refractivity contribution is 5.50. The van der Waals surface area contributed by atoms with Gasteiger partial charge in [0.2, 0.25) is 0 Å². The molecule has 21 heavy (non-hydrogen) atoms. The van der Waals surface area contributed by atoms with E-state index in [9.17, 15) is 0 Å². The van der Waals surface area contributed by atoms with Crippen molar-refractivity contribution in [2.75, 3.05) is 42.9 Å². The van der Waals surface area contributed by atoms with Crippen LogP contribution in [0.5, 0.6) is 0 Å². The lowest BCUT2D eigenvalue weighted by molar-refractivity contribution is 0.247. The normalized spacial score (nSPS) is 23.4. The molecule has 114 valence electrons. The Morgan fingerprint density at radius 2 is 1.86 bits per heavy atom. The number of rotatable bonds is 5. The van der Waals surface area contributed by atoms with Crippen molar-refractivity contribution in [1.29, 1.82) is 0 Å². The first kappa shape index (κ1) is 13.3. The van der Waals surface area contributed by atoms with Crippen LogP contribution in [0.1, 0.15) is 44.3 Å². The van der Waals surface area contributed by atoms with Crippen LogP contribution in [-0.2, 0) is 0 Å². The Labute approximate surface area is 126 Å². The molecule has 0 aromatic carbocycles. The molecule has 1 aromatic heterocycles. The smallest absolute Gasteiger partial charge is 0.136 e. The summed E-state index contributed by atoms with van der Waals surface area (Å²) in [5, 5.41) is 3.36. The van der Waals surface area contributed by atoms with Crippen LogP contribution in [0.25, 0.3) is 0 Å². The van der Waals surface area contributed by atoms with Crippen LogP contribution < -0.4 is 10.2 Å². The molecule has 2 saturated carbocycles. The van der Waals surface area contributed by atoms with Crippen molar-refractivity contribution in [1.82, 2.24) is 14.9 Å². The van der Waals surface area contributed by atoms with Crippen molar-refractivity contribution in [3.05, 3.63) is 11.9 Å². The second-order valence-electron chi connectivity index (χ2n) is 6.53. The van der Waals surface area contributed by atoms with E-state index in [1.165, 1.54) is 38.8 Å². The third-order valence-electron chi connectivity index (χ3n) is 4.73. The van der Waals surface area contributed by atoms with Crippen molar-refractivity contribution in [2.45, 2.75) is 44.6 Å². The Balaban J connectivity index is 1.50. The zero-order valence-corrected chi connectivity index (χ0v) is 12.9. The fourth-order valence-corrected chi connectivity index (χ4v) is 3.17. The van der Waals surface area contributed by atoms with E-state index in [1.54, 1.807) is 0 Å². The van der Waals surface area contributed by atoms with Gasteiger partial charge in [0.25, 0.3) is 0 Å². The minimum absolute atomic E-state index is 0.607. The lowest BCUT2D eigenvalue weighted by atomic mass is 10.3. The summed E-state index contributed by atoms with van der Waals surface area (Å²) in [6.45, 7) is 7.60. The van der Waals surface area contributed by atoms with E-state index in [0.717, 1.165) is 43.1 Å². The molecule has 1 saturated heterocycles. The highest BCUT2D eigenvalue weighted by Crippen LogP contribution is 2.39. The summed E-state index contributed by atoms with van der Waals surface area (Å²) in [6, 6.07) is 3.01. The molecule has 4 rings (SSSR count). The van der Waals surface area contributed by atoms with Crippen molar-refractivity contribution >= 4 is 11.6 Å². The minimum atomic E-state index is 0.607. The standard InChI is InChI=1S/C16H25N5/c1-2-17-14-11-15(19-16(18-14)12-3-4-12)21-9-7-20(8-10-21)13-5-6-13/h11-13H,2-10H2,1H3,(H,17,18,19). The van der Waals surface area contributed by atoms with Crippen LogP contribution in [0.3, 0.4) is 0 Å². The van der Waals surface area contributed by atoms with Gasteiger partial charge in [0.15, 0.2) is 0 Å². The Bertz CT molecular complexity index is 501.